The maximum absolute atomic E-state index is 14.1. The molecule has 2 unspecified atom stereocenters. The minimum atomic E-state index is -3.90. The second kappa shape index (κ2) is 39.9. The maximum atomic E-state index is 14.1. The van der Waals surface area contributed by atoms with Gasteiger partial charge in [0.25, 0.3) is 37.0 Å². The Labute approximate surface area is 737 Å². The van der Waals surface area contributed by atoms with Crippen molar-refractivity contribution in [2.45, 2.75) is 165 Å². The molecule has 25 nitrogen and oxygen atoms in total. The number of aromatic amines is 1. The molecule has 3 aliphatic rings. The van der Waals surface area contributed by atoms with Gasteiger partial charge in [0.2, 0.25) is 0 Å². The number of fused-ring (bicyclic) bond motifs is 3. The first-order chi connectivity index (χ1) is 60.0. The van der Waals surface area contributed by atoms with E-state index in [0.717, 1.165) is 51.6 Å². The molecule has 0 aliphatic carbocycles. The molecule has 0 bridgehead atoms. The van der Waals surface area contributed by atoms with Crippen LogP contribution in [0.25, 0.3) is 55.6 Å². The van der Waals surface area contributed by atoms with Crippen LogP contribution in [0.3, 0.4) is 0 Å². The summed E-state index contributed by atoms with van der Waals surface area (Å²) in [4.78, 5) is 50.8. The number of ether oxygens (including phenoxy) is 5. The molecule has 0 saturated carbocycles. The Kier molecular flexibility index (Phi) is 30.0. The molecule has 15 rings (SSSR count). The van der Waals surface area contributed by atoms with Gasteiger partial charge in [-0.2, -0.15) is 15.3 Å². The highest BCUT2D eigenvalue weighted by Gasteiger charge is 2.53. The molecule has 0 radical (unpaired) electrons. The number of halogens is 19. The van der Waals surface area contributed by atoms with Crippen LogP contribution < -0.4 is 35.8 Å². The lowest BCUT2D eigenvalue weighted by Crippen LogP contribution is -2.42. The van der Waals surface area contributed by atoms with Gasteiger partial charge in [-0.3, -0.25) is 19.5 Å². The zero-order chi connectivity index (χ0) is 91.9. The number of rotatable bonds is 26. The van der Waals surface area contributed by atoms with E-state index >= 15 is 0 Å². The van der Waals surface area contributed by atoms with Gasteiger partial charge in [0, 0.05) is 116 Å². The van der Waals surface area contributed by atoms with Crippen molar-refractivity contribution >= 4 is 131 Å². The second-order valence-corrected chi connectivity index (χ2v) is 32.4. The normalized spacial score (nSPS) is 16.6. The summed E-state index contributed by atoms with van der Waals surface area (Å²) in [5, 5.41) is 23.2. The predicted molar refractivity (Wildman–Crippen MR) is 446 cm³/mol. The van der Waals surface area contributed by atoms with E-state index in [9.17, 15) is 80.2 Å². The number of alkyl halides is 18. The number of hydrogen-bond donors (Lipinski definition) is 4. The summed E-state index contributed by atoms with van der Waals surface area (Å²) in [5.41, 5.74) is -7.98. The molecule has 678 valence electrons. The van der Waals surface area contributed by atoms with Gasteiger partial charge in [-0.25, -0.2) is 63.8 Å². The van der Waals surface area contributed by atoms with Gasteiger partial charge in [0.1, 0.15) is 43.5 Å². The molecule has 3 aliphatic heterocycles. The highest BCUT2D eigenvalue weighted by atomic mass is 79.9. The van der Waals surface area contributed by atoms with Crippen LogP contribution in [0.5, 0.6) is 17.2 Å². The van der Waals surface area contributed by atoms with E-state index in [1.807, 2.05) is 10.7 Å². The van der Waals surface area contributed by atoms with Crippen molar-refractivity contribution in [2.75, 3.05) is 49.2 Å². The third-order valence-corrected chi connectivity index (χ3v) is 21.4. The Morgan fingerprint density at radius 3 is 1.24 bits per heavy atom. The number of imidazole rings is 3. The van der Waals surface area contributed by atoms with Crippen LogP contribution >= 0.6 is 50.7 Å². The highest BCUT2D eigenvalue weighted by Crippen LogP contribution is 2.43. The van der Waals surface area contributed by atoms with Gasteiger partial charge < -0.3 is 62.6 Å². The fraction of sp³-hybridized carbons (Fsp3) is 0.378. The lowest BCUT2D eigenvalue weighted by Gasteiger charge is -2.32. The topological polar surface area (TPSA) is 270 Å². The number of hydrogen-bond acceptors (Lipinski definition) is 16. The molecule has 127 heavy (non-hydrogen) atoms. The van der Waals surface area contributed by atoms with E-state index in [1.165, 1.54) is 149 Å². The van der Waals surface area contributed by atoms with Gasteiger partial charge in [0.05, 0.1) is 79.4 Å². The summed E-state index contributed by atoms with van der Waals surface area (Å²) in [6.07, 6.45) is 1.21. The lowest BCUT2D eigenvalue weighted by atomic mass is 9.84. The molecular formula is C82H79BBrCl3F15N15O10. The van der Waals surface area contributed by atoms with Gasteiger partial charge in [-0.05, 0) is 230 Å². The lowest BCUT2D eigenvalue weighted by molar-refractivity contribution is -0.0972. The summed E-state index contributed by atoms with van der Waals surface area (Å²) in [7, 11) is -0.381. The molecule has 0 spiro atoms. The van der Waals surface area contributed by atoms with E-state index in [4.69, 9.17) is 53.6 Å². The van der Waals surface area contributed by atoms with Crippen molar-refractivity contribution in [1.29, 1.82) is 0 Å². The quantitative estimate of drug-likeness (QED) is 0.0223. The number of benzene rings is 6. The molecule has 6 aromatic heterocycles. The van der Waals surface area contributed by atoms with Gasteiger partial charge >= 0.3 is 23.8 Å². The molecule has 45 heteroatoms. The fourth-order valence-electron chi connectivity index (χ4n) is 14.0. The van der Waals surface area contributed by atoms with Crippen LogP contribution in [0, 0.1) is 0 Å². The van der Waals surface area contributed by atoms with Crippen molar-refractivity contribution in [3.8, 4) is 39.8 Å². The molecule has 4 N–H and O–H groups in total. The number of carbonyl (C=O) groups is 3. The average Bonchev–Trinajstić information content (AvgIpc) is 1.61. The third kappa shape index (κ3) is 22.9. The van der Waals surface area contributed by atoms with Crippen LogP contribution in [0.4, 0.5) is 82.9 Å². The molecule has 5 atom stereocenters. The smallest absolute Gasteiger partial charge is 0.420 e. The van der Waals surface area contributed by atoms with Crippen molar-refractivity contribution in [3.63, 3.8) is 0 Å². The fourth-order valence-corrected chi connectivity index (χ4v) is 14.9. The Hall–Kier alpha value is -10.6. The average molecular weight is 1920 g/mol. The van der Waals surface area contributed by atoms with E-state index in [1.54, 1.807) is 23.0 Å². The maximum Gasteiger partial charge on any atom is 0.514 e. The third-order valence-electron chi connectivity index (χ3n) is 20.6. The number of anilines is 3. The van der Waals surface area contributed by atoms with Crippen LogP contribution in [-0.2, 0) is 18.8 Å². The van der Waals surface area contributed by atoms with Gasteiger partial charge in [0.15, 0.2) is 23.7 Å². The summed E-state index contributed by atoms with van der Waals surface area (Å²) < 4.78 is 244. The summed E-state index contributed by atoms with van der Waals surface area (Å²) in [5.74, 6) is -4.39. The minimum absolute atomic E-state index is 0.00720. The van der Waals surface area contributed by atoms with E-state index < -0.39 is 116 Å². The van der Waals surface area contributed by atoms with Crippen LogP contribution in [0.2, 0.25) is 0 Å². The first-order valence-corrected chi connectivity index (χ1v) is 41.0. The number of aromatic nitrogens is 12. The van der Waals surface area contributed by atoms with E-state index in [2.05, 4.69) is 109 Å². The van der Waals surface area contributed by atoms with Gasteiger partial charge in [-0.1, -0.05) is 0 Å². The monoisotopic (exact) mass is 1910 g/mol. The first kappa shape index (κ1) is 95.5. The highest BCUT2D eigenvalue weighted by molar-refractivity contribution is 9.10. The largest absolute Gasteiger partial charge is 0.514 e. The Balaban J connectivity index is 0.000000158. The number of carbonyl (C=O) groups excluding carboxylic acids is 3. The van der Waals surface area contributed by atoms with Crippen LogP contribution in [0.1, 0.15) is 185 Å². The minimum Gasteiger partial charge on any atom is -0.420 e. The standard InChI is InChI=1S/C27H25ClF5N5O3.C22H17ClF5N5O2.C19H14BrClF5N3O2.C14H23BN2O3/c1-15(14-29)37-23-19(21-9-10-34-38(21)22-4-2-3-11-40-22)12-16(13-20(23)36-25(37)24(30)31)26(39)35-17-5-7-18(8-6-17)41-27(28,32)33;1-11(10-24)33-18-15(16-6-7-29-32-16)8-12(9-17(18)31-20(33)19(25)26)21(34)30-13-2-4-14(5-3-13)35-22(23,27)28;1-9(8-22)29-15-13(20)6-10(7-14(15)28-17(29)16(23)24)18(30)27-11-2-4-12(5-3-11)31-19(21,25)26;1-13(2)14(3,4)20-15(19-13)11-8-9-16-17(11)12-7-5-6-10-18-12/h5-10,12-13,15,22,24H,2-4,11,14H2,1H3,(H,35,39);2-9,11,19H,10H2,1H3,(H,29,32)(H,30,34);2-7,9,16H,8H2,1H3,(H,27,30);8-9,12H,5-7,10H2,1-4H3/t15-,22?;11-;9-;/m111./s1. The molecular weight excluding hydrogens is 1840 g/mol. The number of H-pyrrole nitrogens is 1. The predicted octanol–water partition coefficient (Wildman–Crippen LogP) is 22.4. The zero-order valence-electron chi connectivity index (χ0n) is 68.0. The Bertz CT molecular complexity index is 5800. The summed E-state index contributed by atoms with van der Waals surface area (Å²) >= 11 is 17.4. The van der Waals surface area contributed by atoms with Crippen LogP contribution in [0.15, 0.2) is 150 Å². The van der Waals surface area contributed by atoms with Crippen LogP contribution in [-0.4, -0.2) is 144 Å². The van der Waals surface area contributed by atoms with Crippen molar-refractivity contribution in [3.05, 3.63) is 185 Å². The molecule has 3 amide bonds. The number of nitrogens with one attached hydrogen (secondary N) is 4. The molecule has 6 aromatic carbocycles. The second-order valence-electron chi connectivity index (χ2n) is 30.2. The number of nitrogens with zero attached hydrogens (tertiary/aromatic N) is 11. The number of amides is 3. The molecule has 12 aromatic rings. The van der Waals surface area contributed by atoms with Crippen molar-refractivity contribution in [2.24, 2.45) is 0 Å². The Morgan fingerprint density at radius 2 is 0.866 bits per heavy atom. The van der Waals surface area contributed by atoms with E-state index in [-0.39, 0.29) is 113 Å². The molecule has 3 fully saturated rings. The summed E-state index contributed by atoms with van der Waals surface area (Å²) in [6.45, 7) is 11.2. The van der Waals surface area contributed by atoms with Crippen molar-refractivity contribution < 1.29 is 113 Å². The Morgan fingerprint density at radius 1 is 0.504 bits per heavy atom. The van der Waals surface area contributed by atoms with E-state index in [0.29, 0.717) is 35.5 Å². The summed E-state index contributed by atoms with van der Waals surface area (Å²) in [6, 6.07) is 25.7. The SMILES string of the molecule is CC1(C)OB(c2ccnn2C2CCCCO2)OC1(C)C.C[C@H](CF)n1c(C(F)F)nc2cc(C(=O)Nc3ccc(OC(F)(F)Cl)cc3)cc(-c3ccn[nH]3)c21.C[C@H](CF)n1c(C(F)F)nc2cc(C(=O)Nc3ccc(OC(F)(F)Cl)cc3)cc(-c3ccnn3C3CCCCO3)c21.C[C@H](CF)n1c(C(F)F)nc2cc(C(=O)Nc3ccc(OC(F)(F)Cl)cc3)cc(Br)c21. The zero-order valence-corrected chi connectivity index (χ0v) is 71.9. The van der Waals surface area contributed by atoms with Gasteiger partial charge in [-0.15, -0.1) is 26.3 Å². The first-order valence-electron chi connectivity index (χ1n) is 39.1. The van der Waals surface area contributed by atoms with Crippen molar-refractivity contribution in [1.82, 2.24) is 58.4 Å². The molecule has 3 saturated heterocycles. The molecule has 9 heterocycles.